The second-order valence-electron chi connectivity index (χ2n) is 6.17. The van der Waals surface area contributed by atoms with Crippen LogP contribution >= 0.6 is 22.9 Å². The third-order valence-corrected chi connectivity index (χ3v) is 5.36. The molecule has 0 saturated heterocycles. The number of amides is 1. The Balaban J connectivity index is 1.44. The van der Waals surface area contributed by atoms with E-state index in [4.69, 9.17) is 11.6 Å². The molecule has 1 amide bonds. The van der Waals surface area contributed by atoms with Gasteiger partial charge in [-0.15, -0.1) is 10.2 Å². The summed E-state index contributed by atoms with van der Waals surface area (Å²) in [5.74, 6) is -0.156. The second-order valence-corrected chi connectivity index (χ2v) is 7.67. The van der Waals surface area contributed by atoms with Gasteiger partial charge >= 0.3 is 0 Å². The molecule has 1 aromatic heterocycles. The van der Waals surface area contributed by atoms with Crippen LogP contribution in [0.1, 0.15) is 32.1 Å². The summed E-state index contributed by atoms with van der Waals surface area (Å²) in [7, 11) is 0. The first-order chi connectivity index (χ1) is 12.7. The first kappa shape index (κ1) is 17.1. The van der Waals surface area contributed by atoms with Gasteiger partial charge in [0.1, 0.15) is 5.01 Å². The molecule has 0 bridgehead atoms. The van der Waals surface area contributed by atoms with Crippen LogP contribution in [0.25, 0.3) is 0 Å². The van der Waals surface area contributed by atoms with Crippen LogP contribution in [0.2, 0.25) is 5.02 Å². The van der Waals surface area contributed by atoms with Crippen molar-refractivity contribution in [1.29, 1.82) is 0 Å². The van der Waals surface area contributed by atoms with Crippen molar-refractivity contribution in [3.8, 4) is 0 Å². The van der Waals surface area contributed by atoms with Crippen molar-refractivity contribution in [2.75, 3.05) is 11.9 Å². The van der Waals surface area contributed by atoms with Gasteiger partial charge in [0, 0.05) is 23.6 Å². The van der Waals surface area contributed by atoms with Crippen LogP contribution in [0.4, 0.5) is 5.13 Å². The topological polar surface area (TPSA) is 66.9 Å². The Kier molecular flexibility index (Phi) is 4.97. The van der Waals surface area contributed by atoms with Gasteiger partial charge in [-0.25, -0.2) is 0 Å². The Morgan fingerprint density at radius 2 is 2.12 bits per heavy atom. The Labute approximate surface area is 160 Å². The van der Waals surface area contributed by atoms with Crippen molar-refractivity contribution >= 4 is 34.0 Å². The largest absolute Gasteiger partial charge is 0.312 e. The van der Waals surface area contributed by atoms with Crippen molar-refractivity contribution < 1.29 is 4.79 Å². The van der Waals surface area contributed by atoms with E-state index in [2.05, 4.69) is 20.8 Å². The average Bonchev–Trinajstić information content (AvgIpc) is 3.08. The van der Waals surface area contributed by atoms with Crippen molar-refractivity contribution in [3.63, 3.8) is 0 Å². The van der Waals surface area contributed by atoms with Crippen molar-refractivity contribution in [1.82, 2.24) is 15.5 Å². The Bertz CT molecular complexity index is 956. The smallest absolute Gasteiger partial charge is 0.257 e. The molecule has 3 aromatic rings. The van der Waals surface area contributed by atoms with E-state index in [-0.39, 0.29) is 5.91 Å². The van der Waals surface area contributed by atoms with Crippen LogP contribution in [0, 0.1) is 0 Å². The van der Waals surface area contributed by atoms with Crippen LogP contribution in [0.3, 0.4) is 0 Å². The summed E-state index contributed by atoms with van der Waals surface area (Å²) >= 11 is 7.39. The summed E-state index contributed by atoms with van der Waals surface area (Å²) in [6, 6.07) is 13.5. The zero-order valence-electron chi connectivity index (χ0n) is 14.0. The zero-order chi connectivity index (χ0) is 17.9. The predicted molar refractivity (Wildman–Crippen MR) is 104 cm³/mol. The summed E-state index contributed by atoms with van der Waals surface area (Å²) in [4.78, 5) is 12.5. The minimum Gasteiger partial charge on any atom is -0.312 e. The number of nitrogens with zero attached hydrogens (tertiary/aromatic N) is 2. The number of carbonyl (C=O) groups is 1. The summed E-state index contributed by atoms with van der Waals surface area (Å²) in [6.45, 7) is 1.81. The molecule has 0 saturated carbocycles. The maximum atomic E-state index is 12.5. The molecule has 1 aliphatic rings. The number of aromatic nitrogens is 2. The Morgan fingerprint density at radius 1 is 1.19 bits per heavy atom. The van der Waals surface area contributed by atoms with Gasteiger partial charge in [0.05, 0.1) is 0 Å². The van der Waals surface area contributed by atoms with E-state index >= 15 is 0 Å². The lowest BCUT2D eigenvalue weighted by molar-refractivity contribution is 0.102. The Hall–Kier alpha value is -2.28. The second kappa shape index (κ2) is 7.53. The lowest BCUT2D eigenvalue weighted by atomic mass is 9.98. The van der Waals surface area contributed by atoms with Gasteiger partial charge in [0.2, 0.25) is 5.13 Å². The van der Waals surface area contributed by atoms with E-state index in [1.165, 1.54) is 22.5 Å². The molecule has 26 heavy (non-hydrogen) atoms. The third kappa shape index (κ3) is 3.93. The van der Waals surface area contributed by atoms with Gasteiger partial charge in [-0.1, -0.05) is 41.1 Å². The fourth-order valence-corrected chi connectivity index (χ4v) is 3.97. The normalized spacial score (nSPS) is 13.3. The summed E-state index contributed by atoms with van der Waals surface area (Å²) in [5, 5.41) is 16.5. The standard InChI is InChI=1S/C19H17ClN4OS/c20-16-3-1-2-12(8-16)9-17-23-24-19(26-17)22-18(25)14-4-5-15-11-21-7-6-13(15)10-14/h1-5,8,10,21H,6-7,9,11H2,(H,22,24,25). The molecule has 1 aliphatic heterocycles. The molecule has 0 radical (unpaired) electrons. The molecule has 0 fully saturated rings. The van der Waals surface area contributed by atoms with Gasteiger partial charge in [-0.2, -0.15) is 0 Å². The van der Waals surface area contributed by atoms with E-state index in [0.717, 1.165) is 30.1 Å². The highest BCUT2D eigenvalue weighted by Crippen LogP contribution is 2.22. The highest BCUT2D eigenvalue weighted by atomic mass is 35.5. The number of anilines is 1. The number of halogens is 1. The first-order valence-electron chi connectivity index (χ1n) is 8.38. The number of nitrogens with one attached hydrogen (secondary N) is 2. The molecule has 4 rings (SSSR count). The van der Waals surface area contributed by atoms with E-state index in [9.17, 15) is 4.79 Å². The van der Waals surface area contributed by atoms with Gasteiger partial charge in [-0.05, 0) is 53.9 Å². The molecular formula is C19H17ClN4OS. The van der Waals surface area contributed by atoms with Crippen LogP contribution in [-0.4, -0.2) is 22.6 Å². The van der Waals surface area contributed by atoms with Crippen molar-refractivity contribution in [3.05, 3.63) is 74.7 Å². The Morgan fingerprint density at radius 3 is 3.00 bits per heavy atom. The minimum atomic E-state index is -0.156. The summed E-state index contributed by atoms with van der Waals surface area (Å²) in [5.41, 5.74) is 4.20. The highest BCUT2D eigenvalue weighted by Gasteiger charge is 2.14. The molecule has 2 heterocycles. The van der Waals surface area contributed by atoms with Gasteiger partial charge in [0.25, 0.3) is 5.91 Å². The first-order valence-corrected chi connectivity index (χ1v) is 9.57. The van der Waals surface area contributed by atoms with Gasteiger partial charge in [-0.3, -0.25) is 10.1 Å². The van der Waals surface area contributed by atoms with Gasteiger partial charge in [0.15, 0.2) is 0 Å². The lowest BCUT2D eigenvalue weighted by Gasteiger charge is -2.17. The minimum absolute atomic E-state index is 0.156. The van der Waals surface area contributed by atoms with E-state index < -0.39 is 0 Å². The quantitative estimate of drug-likeness (QED) is 0.720. The van der Waals surface area contributed by atoms with Crippen LogP contribution < -0.4 is 10.6 Å². The molecular weight excluding hydrogens is 368 g/mol. The number of rotatable bonds is 4. The molecule has 2 aromatic carbocycles. The lowest BCUT2D eigenvalue weighted by Crippen LogP contribution is -2.24. The van der Waals surface area contributed by atoms with Gasteiger partial charge < -0.3 is 5.32 Å². The number of fused-ring (bicyclic) bond motifs is 1. The molecule has 7 heteroatoms. The molecule has 5 nitrogen and oxygen atoms in total. The van der Waals surface area contributed by atoms with Crippen LogP contribution in [0.5, 0.6) is 0 Å². The molecule has 0 atom stereocenters. The number of benzene rings is 2. The number of hydrogen-bond donors (Lipinski definition) is 2. The van der Waals surface area contributed by atoms with E-state index in [0.29, 0.717) is 22.1 Å². The van der Waals surface area contributed by atoms with E-state index in [1.54, 1.807) is 0 Å². The fraction of sp³-hybridized carbons (Fsp3) is 0.211. The molecule has 2 N–H and O–H groups in total. The fourth-order valence-electron chi connectivity index (χ4n) is 2.98. The maximum Gasteiger partial charge on any atom is 0.257 e. The molecule has 0 aliphatic carbocycles. The van der Waals surface area contributed by atoms with Crippen molar-refractivity contribution in [2.45, 2.75) is 19.4 Å². The predicted octanol–water partition coefficient (Wildman–Crippen LogP) is 3.68. The molecule has 132 valence electrons. The number of carbonyl (C=O) groups excluding carboxylic acids is 1. The monoisotopic (exact) mass is 384 g/mol. The highest BCUT2D eigenvalue weighted by molar-refractivity contribution is 7.15. The third-order valence-electron chi connectivity index (χ3n) is 4.29. The average molecular weight is 385 g/mol. The SMILES string of the molecule is O=C(Nc1nnc(Cc2cccc(Cl)c2)s1)c1ccc2c(c1)CCNC2. The summed E-state index contributed by atoms with van der Waals surface area (Å²) in [6.07, 6.45) is 1.58. The van der Waals surface area contributed by atoms with Crippen LogP contribution in [-0.2, 0) is 19.4 Å². The zero-order valence-corrected chi connectivity index (χ0v) is 15.5. The van der Waals surface area contributed by atoms with E-state index in [1.807, 2.05) is 42.5 Å². The van der Waals surface area contributed by atoms with Crippen LogP contribution in [0.15, 0.2) is 42.5 Å². The maximum absolute atomic E-state index is 12.5. The number of hydrogen-bond acceptors (Lipinski definition) is 5. The van der Waals surface area contributed by atoms with Crippen molar-refractivity contribution in [2.24, 2.45) is 0 Å². The summed E-state index contributed by atoms with van der Waals surface area (Å²) < 4.78 is 0. The molecule has 0 spiro atoms. The molecule has 0 unspecified atom stereocenters.